The van der Waals surface area contributed by atoms with Gasteiger partial charge in [0.1, 0.15) is 11.4 Å². The summed E-state index contributed by atoms with van der Waals surface area (Å²) in [6, 6.07) is 7.42. The van der Waals surface area contributed by atoms with E-state index in [9.17, 15) is 0 Å². The first-order chi connectivity index (χ1) is 9.17. The third kappa shape index (κ3) is 2.72. The molecule has 0 aliphatic rings. The molecular weight excluding hydrogens is 240 g/mol. The number of ether oxygens (including phenoxy) is 1. The molecule has 3 N–H and O–H groups in total. The van der Waals surface area contributed by atoms with Crippen LogP contribution in [0.15, 0.2) is 30.5 Å². The van der Waals surface area contributed by atoms with Gasteiger partial charge in [-0.1, -0.05) is 6.07 Å². The van der Waals surface area contributed by atoms with Crippen molar-refractivity contribution in [2.45, 2.75) is 19.9 Å². The van der Waals surface area contributed by atoms with Crippen LogP contribution in [0.4, 0.5) is 0 Å². The summed E-state index contributed by atoms with van der Waals surface area (Å²) in [6.07, 6.45) is 1.72. The number of rotatable bonds is 4. The molecule has 1 atom stereocenters. The average Bonchev–Trinajstić information content (AvgIpc) is 2.42. The SMILES string of the molecule is COc1cccnc1C(NN)c1ccc(C)nc1C. The van der Waals surface area contributed by atoms with E-state index in [1.54, 1.807) is 13.3 Å². The highest BCUT2D eigenvalue weighted by molar-refractivity contribution is 5.38. The van der Waals surface area contributed by atoms with Crippen LogP contribution >= 0.6 is 0 Å². The van der Waals surface area contributed by atoms with Gasteiger partial charge in [-0.3, -0.25) is 15.8 Å². The molecule has 5 nitrogen and oxygen atoms in total. The molecule has 19 heavy (non-hydrogen) atoms. The second-order valence-corrected chi connectivity index (χ2v) is 4.32. The molecule has 1 unspecified atom stereocenters. The van der Waals surface area contributed by atoms with Gasteiger partial charge in [0.25, 0.3) is 0 Å². The summed E-state index contributed by atoms with van der Waals surface area (Å²) >= 11 is 0. The Kier molecular flexibility index (Phi) is 4.09. The summed E-state index contributed by atoms with van der Waals surface area (Å²) in [5.74, 6) is 6.39. The molecule has 2 aromatic rings. The molecule has 5 heteroatoms. The lowest BCUT2D eigenvalue weighted by molar-refractivity contribution is 0.400. The van der Waals surface area contributed by atoms with Crippen LogP contribution in [-0.4, -0.2) is 17.1 Å². The zero-order chi connectivity index (χ0) is 13.8. The lowest BCUT2D eigenvalue weighted by atomic mass is 10.0. The van der Waals surface area contributed by atoms with Gasteiger partial charge in [-0.2, -0.15) is 0 Å². The molecule has 0 bridgehead atoms. The Morgan fingerprint density at radius 2 is 2.05 bits per heavy atom. The lowest BCUT2D eigenvalue weighted by Crippen LogP contribution is -2.30. The normalized spacial score (nSPS) is 12.2. The Balaban J connectivity index is 2.50. The largest absolute Gasteiger partial charge is 0.495 e. The van der Waals surface area contributed by atoms with Gasteiger partial charge in [0.05, 0.1) is 13.2 Å². The maximum Gasteiger partial charge on any atom is 0.142 e. The van der Waals surface area contributed by atoms with E-state index in [0.717, 1.165) is 22.6 Å². The molecule has 0 aliphatic heterocycles. The molecular formula is C14H18N4O. The van der Waals surface area contributed by atoms with Gasteiger partial charge in [-0.05, 0) is 37.6 Å². The molecule has 2 rings (SSSR count). The van der Waals surface area contributed by atoms with Crippen LogP contribution in [0, 0.1) is 13.8 Å². The standard InChI is InChI=1S/C14H18N4O/c1-9-6-7-11(10(2)17-9)13(18-15)14-12(19-3)5-4-8-16-14/h4-8,13,18H,15H2,1-3H3. The van der Waals surface area contributed by atoms with Gasteiger partial charge in [-0.15, -0.1) is 0 Å². The molecule has 0 saturated heterocycles. The van der Waals surface area contributed by atoms with E-state index in [1.807, 2.05) is 38.1 Å². The van der Waals surface area contributed by atoms with Crippen molar-refractivity contribution in [3.63, 3.8) is 0 Å². The lowest BCUT2D eigenvalue weighted by Gasteiger charge is -2.19. The number of pyridine rings is 2. The quantitative estimate of drug-likeness (QED) is 0.644. The van der Waals surface area contributed by atoms with E-state index >= 15 is 0 Å². The zero-order valence-electron chi connectivity index (χ0n) is 11.3. The molecule has 2 aromatic heterocycles. The number of aromatic nitrogens is 2. The topological polar surface area (TPSA) is 73.1 Å². The Bertz CT molecular complexity index is 571. The van der Waals surface area contributed by atoms with Crippen molar-refractivity contribution in [3.05, 3.63) is 53.1 Å². The summed E-state index contributed by atoms with van der Waals surface area (Å²) < 4.78 is 5.33. The first-order valence-electron chi connectivity index (χ1n) is 6.06. The van der Waals surface area contributed by atoms with Crippen LogP contribution in [0.5, 0.6) is 5.75 Å². The van der Waals surface area contributed by atoms with Gasteiger partial charge >= 0.3 is 0 Å². The molecule has 100 valence electrons. The third-order valence-electron chi connectivity index (χ3n) is 3.04. The number of nitrogens with zero attached hydrogens (tertiary/aromatic N) is 2. The van der Waals surface area contributed by atoms with Crippen LogP contribution in [0.25, 0.3) is 0 Å². The number of hydrogen-bond donors (Lipinski definition) is 2. The predicted octanol–water partition coefficient (Wildman–Crippen LogP) is 1.65. The van der Waals surface area contributed by atoms with Crippen molar-refractivity contribution in [1.29, 1.82) is 0 Å². The molecule has 0 spiro atoms. The van der Waals surface area contributed by atoms with Crippen LogP contribution in [0.3, 0.4) is 0 Å². The van der Waals surface area contributed by atoms with Gasteiger partial charge in [0, 0.05) is 17.6 Å². The molecule has 0 radical (unpaired) electrons. The van der Waals surface area contributed by atoms with E-state index in [-0.39, 0.29) is 6.04 Å². The summed E-state index contributed by atoms with van der Waals surface area (Å²) in [7, 11) is 1.62. The van der Waals surface area contributed by atoms with E-state index in [0.29, 0.717) is 5.75 Å². The second-order valence-electron chi connectivity index (χ2n) is 4.32. The van der Waals surface area contributed by atoms with Gasteiger partial charge in [-0.25, -0.2) is 5.43 Å². The van der Waals surface area contributed by atoms with Crippen molar-refractivity contribution in [2.24, 2.45) is 5.84 Å². The third-order valence-corrected chi connectivity index (χ3v) is 3.04. The predicted molar refractivity (Wildman–Crippen MR) is 73.7 cm³/mol. The summed E-state index contributed by atoms with van der Waals surface area (Å²) in [4.78, 5) is 8.82. The maximum atomic E-state index is 5.69. The number of aryl methyl sites for hydroxylation is 2. The minimum atomic E-state index is -0.246. The number of nitrogens with one attached hydrogen (secondary N) is 1. The number of methoxy groups -OCH3 is 1. The van der Waals surface area contributed by atoms with Gasteiger partial charge in [0.15, 0.2) is 0 Å². The van der Waals surface area contributed by atoms with Crippen LogP contribution in [-0.2, 0) is 0 Å². The van der Waals surface area contributed by atoms with E-state index in [1.165, 1.54) is 0 Å². The molecule has 0 amide bonds. The van der Waals surface area contributed by atoms with Crippen molar-refractivity contribution >= 4 is 0 Å². The van der Waals surface area contributed by atoms with Crippen LogP contribution in [0.2, 0.25) is 0 Å². The Morgan fingerprint density at radius 1 is 1.26 bits per heavy atom. The maximum absolute atomic E-state index is 5.69. The first-order valence-corrected chi connectivity index (χ1v) is 6.06. The summed E-state index contributed by atoms with van der Waals surface area (Å²) in [5.41, 5.74) is 6.43. The van der Waals surface area contributed by atoms with Gasteiger partial charge in [0.2, 0.25) is 0 Å². The van der Waals surface area contributed by atoms with Crippen LogP contribution < -0.4 is 16.0 Å². The smallest absolute Gasteiger partial charge is 0.142 e. The molecule has 2 heterocycles. The number of nitrogens with two attached hydrogens (primary N) is 1. The summed E-state index contributed by atoms with van der Waals surface area (Å²) in [5, 5.41) is 0. The highest BCUT2D eigenvalue weighted by Crippen LogP contribution is 2.28. The van der Waals surface area contributed by atoms with Gasteiger partial charge < -0.3 is 4.74 Å². The zero-order valence-corrected chi connectivity index (χ0v) is 11.3. The number of hydrazine groups is 1. The molecule has 0 aromatic carbocycles. The fourth-order valence-corrected chi connectivity index (χ4v) is 2.11. The van der Waals surface area contributed by atoms with E-state index in [4.69, 9.17) is 10.6 Å². The van der Waals surface area contributed by atoms with E-state index in [2.05, 4.69) is 15.4 Å². The van der Waals surface area contributed by atoms with Crippen molar-refractivity contribution in [3.8, 4) is 5.75 Å². The average molecular weight is 258 g/mol. The Labute approximate surface area is 112 Å². The minimum absolute atomic E-state index is 0.246. The second kappa shape index (κ2) is 5.77. The Hall–Kier alpha value is -1.98. The fraction of sp³-hybridized carbons (Fsp3) is 0.286. The molecule has 0 fully saturated rings. The van der Waals surface area contributed by atoms with Crippen molar-refractivity contribution < 1.29 is 4.74 Å². The van der Waals surface area contributed by atoms with E-state index < -0.39 is 0 Å². The highest BCUT2D eigenvalue weighted by Gasteiger charge is 2.20. The highest BCUT2D eigenvalue weighted by atomic mass is 16.5. The Morgan fingerprint density at radius 3 is 2.68 bits per heavy atom. The minimum Gasteiger partial charge on any atom is -0.495 e. The first kappa shape index (κ1) is 13.5. The number of hydrogen-bond acceptors (Lipinski definition) is 5. The van der Waals surface area contributed by atoms with Crippen LogP contribution in [0.1, 0.15) is 28.7 Å². The molecule has 0 aliphatic carbocycles. The van der Waals surface area contributed by atoms with Crippen molar-refractivity contribution in [1.82, 2.24) is 15.4 Å². The monoisotopic (exact) mass is 258 g/mol. The molecule has 0 saturated carbocycles. The summed E-state index contributed by atoms with van der Waals surface area (Å²) in [6.45, 7) is 3.92. The van der Waals surface area contributed by atoms with Crippen molar-refractivity contribution in [2.75, 3.05) is 7.11 Å². The fourth-order valence-electron chi connectivity index (χ4n) is 2.11.